The highest BCUT2D eigenvalue weighted by atomic mass is 19.1. The summed E-state index contributed by atoms with van der Waals surface area (Å²) in [5, 5.41) is 2.92. The number of rotatable bonds is 5. The van der Waals surface area contributed by atoms with Gasteiger partial charge in [-0.3, -0.25) is 24.3 Å². The normalized spacial score (nSPS) is 18.6. The van der Waals surface area contributed by atoms with Crippen LogP contribution in [0.2, 0.25) is 0 Å². The molecule has 3 heterocycles. The highest BCUT2D eigenvalue weighted by molar-refractivity contribution is 5.98. The van der Waals surface area contributed by atoms with Gasteiger partial charge in [-0.15, -0.1) is 0 Å². The van der Waals surface area contributed by atoms with Gasteiger partial charge in [0.05, 0.1) is 6.61 Å². The van der Waals surface area contributed by atoms with Crippen LogP contribution in [-0.2, 0) is 16.1 Å². The average Bonchev–Trinajstić information content (AvgIpc) is 3.31. The molecule has 1 N–H and O–H groups in total. The zero-order chi connectivity index (χ0) is 25.8. The van der Waals surface area contributed by atoms with E-state index in [4.69, 9.17) is 4.74 Å². The van der Waals surface area contributed by atoms with Crippen molar-refractivity contribution < 1.29 is 23.5 Å². The van der Waals surface area contributed by atoms with E-state index in [2.05, 4.69) is 10.3 Å². The predicted octanol–water partition coefficient (Wildman–Crippen LogP) is 3.01. The molecule has 2 saturated heterocycles. The smallest absolute Gasteiger partial charge is 0.256 e. The fraction of sp³-hybridized carbons (Fsp3) is 0.286. The van der Waals surface area contributed by atoms with E-state index in [0.717, 1.165) is 5.56 Å². The summed E-state index contributed by atoms with van der Waals surface area (Å²) in [6.45, 7) is 1.03. The molecular weight excluding hydrogens is 475 g/mol. The standard InChI is InChI=1S/C28H27FN4O4/c29-23-8-6-22(7-9-23)26(35)32-16-12-28(13-17-32)33(27(36)21-4-2-1-3-5-21)24(19-37-28)25(34)31-18-20-10-14-30-15-11-20/h1-11,14-15,24H,12-13,16-19H2,(H,31,34). The van der Waals surface area contributed by atoms with E-state index in [0.29, 0.717) is 43.6 Å². The maximum absolute atomic E-state index is 13.7. The van der Waals surface area contributed by atoms with Crippen molar-refractivity contribution in [1.29, 1.82) is 0 Å². The summed E-state index contributed by atoms with van der Waals surface area (Å²) in [5.74, 6) is -1.21. The van der Waals surface area contributed by atoms with Gasteiger partial charge in [-0.2, -0.15) is 0 Å². The SMILES string of the molecule is O=C(NCc1ccncc1)C1COC2(CCN(C(=O)c3ccc(F)cc3)CC2)N1C(=O)c1ccccc1. The minimum Gasteiger partial charge on any atom is -0.353 e. The lowest BCUT2D eigenvalue weighted by atomic mass is 9.96. The number of pyridine rings is 1. The molecule has 0 radical (unpaired) electrons. The number of carbonyl (C=O) groups is 3. The number of piperidine rings is 1. The van der Waals surface area contributed by atoms with Gasteiger partial charge in [0.25, 0.3) is 11.8 Å². The van der Waals surface area contributed by atoms with Crippen molar-refractivity contribution in [3.63, 3.8) is 0 Å². The Morgan fingerprint density at radius 1 is 0.919 bits per heavy atom. The molecule has 1 aromatic heterocycles. The van der Waals surface area contributed by atoms with Crippen LogP contribution in [0.5, 0.6) is 0 Å². The van der Waals surface area contributed by atoms with Gasteiger partial charge in [0.15, 0.2) is 0 Å². The number of likely N-dealkylation sites (tertiary alicyclic amines) is 1. The number of nitrogens with zero attached hydrogens (tertiary/aromatic N) is 3. The molecule has 2 aliphatic rings. The third-order valence-electron chi connectivity index (χ3n) is 6.94. The third kappa shape index (κ3) is 5.08. The predicted molar refractivity (Wildman–Crippen MR) is 133 cm³/mol. The monoisotopic (exact) mass is 502 g/mol. The highest BCUT2D eigenvalue weighted by Crippen LogP contribution is 2.38. The van der Waals surface area contributed by atoms with Gasteiger partial charge in [0.1, 0.15) is 17.6 Å². The number of aromatic nitrogens is 1. The van der Waals surface area contributed by atoms with E-state index in [1.165, 1.54) is 24.3 Å². The Bertz CT molecular complexity index is 1260. The molecule has 1 unspecified atom stereocenters. The van der Waals surface area contributed by atoms with Crippen LogP contribution in [0.15, 0.2) is 79.1 Å². The average molecular weight is 503 g/mol. The van der Waals surface area contributed by atoms with Gasteiger partial charge in [-0.25, -0.2) is 4.39 Å². The van der Waals surface area contributed by atoms with Crippen molar-refractivity contribution >= 4 is 17.7 Å². The number of benzene rings is 2. The topological polar surface area (TPSA) is 91.8 Å². The molecule has 5 rings (SSSR count). The van der Waals surface area contributed by atoms with Crippen LogP contribution in [0.25, 0.3) is 0 Å². The molecule has 8 nitrogen and oxygen atoms in total. The first-order chi connectivity index (χ1) is 18.0. The molecule has 9 heteroatoms. The molecule has 3 amide bonds. The number of amides is 3. The molecule has 1 atom stereocenters. The van der Waals surface area contributed by atoms with Crippen LogP contribution in [0, 0.1) is 5.82 Å². The largest absolute Gasteiger partial charge is 0.353 e. The Morgan fingerprint density at radius 3 is 2.24 bits per heavy atom. The summed E-state index contributed by atoms with van der Waals surface area (Å²) in [7, 11) is 0. The van der Waals surface area contributed by atoms with Gasteiger partial charge in [0.2, 0.25) is 5.91 Å². The lowest BCUT2D eigenvalue weighted by molar-refractivity contribution is -0.128. The number of ether oxygens (including phenoxy) is 1. The zero-order valence-electron chi connectivity index (χ0n) is 20.2. The molecule has 2 aromatic carbocycles. The van der Waals surface area contributed by atoms with Crippen molar-refractivity contribution in [2.45, 2.75) is 31.2 Å². The van der Waals surface area contributed by atoms with Crippen LogP contribution < -0.4 is 5.32 Å². The van der Waals surface area contributed by atoms with E-state index < -0.39 is 17.6 Å². The molecule has 1 spiro atoms. The van der Waals surface area contributed by atoms with E-state index in [-0.39, 0.29) is 24.3 Å². The summed E-state index contributed by atoms with van der Waals surface area (Å²) >= 11 is 0. The number of hydrogen-bond acceptors (Lipinski definition) is 5. The third-order valence-corrected chi connectivity index (χ3v) is 6.94. The van der Waals surface area contributed by atoms with Crippen LogP contribution >= 0.6 is 0 Å². The first-order valence-corrected chi connectivity index (χ1v) is 12.2. The summed E-state index contributed by atoms with van der Waals surface area (Å²) < 4.78 is 19.5. The van der Waals surface area contributed by atoms with Crippen LogP contribution in [0.4, 0.5) is 4.39 Å². The molecule has 0 saturated carbocycles. The van der Waals surface area contributed by atoms with Gasteiger partial charge in [-0.1, -0.05) is 18.2 Å². The Hall–Kier alpha value is -4.11. The second-order valence-corrected chi connectivity index (χ2v) is 9.19. The van der Waals surface area contributed by atoms with Crippen molar-refractivity contribution in [2.24, 2.45) is 0 Å². The summed E-state index contributed by atoms with van der Waals surface area (Å²) in [6, 6.07) is 17.1. The Kier molecular flexibility index (Phi) is 6.96. The Morgan fingerprint density at radius 2 is 1.57 bits per heavy atom. The van der Waals surface area contributed by atoms with Crippen molar-refractivity contribution in [1.82, 2.24) is 20.1 Å². The number of nitrogens with one attached hydrogen (secondary N) is 1. The van der Waals surface area contributed by atoms with Crippen LogP contribution in [0.1, 0.15) is 39.1 Å². The van der Waals surface area contributed by atoms with Crippen molar-refractivity contribution in [3.05, 3.63) is 102 Å². The first kappa shape index (κ1) is 24.6. The molecule has 0 bridgehead atoms. The molecule has 3 aromatic rings. The molecule has 2 aliphatic heterocycles. The number of carbonyl (C=O) groups excluding carboxylic acids is 3. The van der Waals surface area contributed by atoms with E-state index >= 15 is 0 Å². The minimum atomic E-state index is -1.01. The van der Waals surface area contributed by atoms with Crippen LogP contribution in [0.3, 0.4) is 0 Å². The Balaban J connectivity index is 1.34. The summed E-state index contributed by atoms with van der Waals surface area (Å²) in [4.78, 5) is 47.2. The van der Waals surface area contributed by atoms with E-state index in [9.17, 15) is 18.8 Å². The van der Waals surface area contributed by atoms with Crippen molar-refractivity contribution in [3.8, 4) is 0 Å². The quantitative estimate of drug-likeness (QED) is 0.579. The molecule has 2 fully saturated rings. The molecular formula is C28H27FN4O4. The summed E-state index contributed by atoms with van der Waals surface area (Å²) in [5.41, 5.74) is 0.746. The van der Waals surface area contributed by atoms with Gasteiger partial charge in [0, 0.05) is 56.0 Å². The fourth-order valence-electron chi connectivity index (χ4n) is 4.93. The minimum absolute atomic E-state index is 0.0622. The molecule has 0 aliphatic carbocycles. The van der Waals surface area contributed by atoms with Gasteiger partial charge in [-0.05, 0) is 54.1 Å². The van der Waals surface area contributed by atoms with Crippen LogP contribution in [-0.4, -0.2) is 64.0 Å². The lowest BCUT2D eigenvalue weighted by Gasteiger charge is -2.44. The molecule has 37 heavy (non-hydrogen) atoms. The Labute approximate surface area is 214 Å². The van der Waals surface area contributed by atoms with E-state index in [1.54, 1.807) is 46.5 Å². The summed E-state index contributed by atoms with van der Waals surface area (Å²) in [6.07, 6.45) is 4.02. The van der Waals surface area contributed by atoms with E-state index in [1.807, 2.05) is 18.2 Å². The lowest BCUT2D eigenvalue weighted by Crippen LogP contribution is -2.59. The number of hydrogen-bond donors (Lipinski definition) is 1. The molecule has 190 valence electrons. The van der Waals surface area contributed by atoms with Gasteiger partial charge < -0.3 is 15.0 Å². The number of halogens is 1. The second-order valence-electron chi connectivity index (χ2n) is 9.19. The van der Waals surface area contributed by atoms with Gasteiger partial charge >= 0.3 is 0 Å². The maximum Gasteiger partial charge on any atom is 0.256 e. The highest BCUT2D eigenvalue weighted by Gasteiger charge is 2.54. The van der Waals surface area contributed by atoms with Crippen molar-refractivity contribution in [2.75, 3.05) is 19.7 Å². The second kappa shape index (κ2) is 10.5. The maximum atomic E-state index is 13.7. The zero-order valence-corrected chi connectivity index (χ0v) is 20.2. The first-order valence-electron chi connectivity index (χ1n) is 12.2. The fourth-order valence-corrected chi connectivity index (χ4v) is 4.93.